The third kappa shape index (κ3) is 4.04. The van der Waals surface area contributed by atoms with Crippen molar-refractivity contribution in [2.75, 3.05) is 0 Å². The number of hydrogen-bond acceptors (Lipinski definition) is 1. The third-order valence-electron chi connectivity index (χ3n) is 3.92. The van der Waals surface area contributed by atoms with Crippen LogP contribution in [0.1, 0.15) is 49.9 Å². The fourth-order valence-electron chi connectivity index (χ4n) is 2.80. The fraction of sp³-hybridized carbons (Fsp3) is 0.350. The second kappa shape index (κ2) is 7.78. The van der Waals surface area contributed by atoms with E-state index >= 15 is 0 Å². The normalized spacial score (nSPS) is 10.8. The molecule has 0 saturated heterocycles. The van der Waals surface area contributed by atoms with Crippen molar-refractivity contribution in [1.29, 1.82) is 0 Å². The lowest BCUT2D eigenvalue weighted by atomic mass is 9.89. The first-order chi connectivity index (χ1) is 10.3. The molecule has 110 valence electrons. The van der Waals surface area contributed by atoms with Gasteiger partial charge in [0.2, 0.25) is 0 Å². The predicted molar refractivity (Wildman–Crippen MR) is 89.5 cm³/mol. The molecular formula is C20H24O. The molecule has 0 aromatic heterocycles. The largest absolute Gasteiger partial charge is 0.294 e. The molecule has 1 heteroatoms. The maximum atomic E-state index is 12.6. The van der Waals surface area contributed by atoms with Crippen molar-refractivity contribution in [1.82, 2.24) is 0 Å². The lowest BCUT2D eigenvalue weighted by Gasteiger charge is -2.14. The Hall–Kier alpha value is -1.89. The van der Waals surface area contributed by atoms with E-state index in [9.17, 15) is 4.79 Å². The summed E-state index contributed by atoms with van der Waals surface area (Å²) >= 11 is 0. The molecule has 0 aliphatic carbocycles. The summed E-state index contributed by atoms with van der Waals surface area (Å²) in [5.74, 6) is 0.487. The predicted octanol–water partition coefficient (Wildman–Crippen LogP) is 5.75. The molecule has 0 heterocycles. The number of hydrogen-bond donors (Lipinski definition) is 0. The molecule has 0 radical (unpaired) electrons. The number of ketones is 1. The number of benzene rings is 2. The van der Waals surface area contributed by atoms with Crippen LogP contribution in [0.2, 0.25) is 0 Å². The Morgan fingerprint density at radius 3 is 1.86 bits per heavy atom. The summed E-state index contributed by atoms with van der Waals surface area (Å²) in [5, 5.41) is 0. The molecule has 0 atom stereocenters. The van der Waals surface area contributed by atoms with Crippen molar-refractivity contribution < 1.29 is 4.79 Å². The van der Waals surface area contributed by atoms with Gasteiger partial charge in [-0.15, -0.1) is 0 Å². The highest BCUT2D eigenvalue weighted by molar-refractivity contribution is 5.98. The molecule has 2 aromatic rings. The second-order valence-electron chi connectivity index (χ2n) is 5.58. The highest BCUT2D eigenvalue weighted by atomic mass is 16.1. The van der Waals surface area contributed by atoms with Gasteiger partial charge < -0.3 is 0 Å². The van der Waals surface area contributed by atoms with Crippen molar-refractivity contribution in [3.05, 3.63) is 60.2 Å². The van der Waals surface area contributed by atoms with Gasteiger partial charge in [0.05, 0.1) is 0 Å². The average Bonchev–Trinajstić information content (AvgIpc) is 2.55. The van der Waals surface area contributed by atoms with Crippen LogP contribution in [0.5, 0.6) is 0 Å². The molecule has 0 N–H and O–H groups in total. The van der Waals surface area contributed by atoms with Crippen LogP contribution in [0.4, 0.5) is 0 Å². The number of rotatable bonds is 7. The molecule has 0 unspecified atom stereocenters. The quantitative estimate of drug-likeness (QED) is 0.590. The first-order valence-electron chi connectivity index (χ1n) is 7.96. The summed E-state index contributed by atoms with van der Waals surface area (Å²) < 4.78 is 0. The number of Topliss-reactive ketones (excluding diaryl/α,β-unsaturated/α-hetero) is 1. The van der Waals surface area contributed by atoms with Crippen LogP contribution in [-0.4, -0.2) is 5.78 Å². The van der Waals surface area contributed by atoms with Gasteiger partial charge in [-0.2, -0.15) is 0 Å². The zero-order valence-corrected chi connectivity index (χ0v) is 13.0. The Morgan fingerprint density at radius 1 is 0.810 bits per heavy atom. The van der Waals surface area contributed by atoms with E-state index in [0.29, 0.717) is 5.78 Å². The molecule has 21 heavy (non-hydrogen) atoms. The highest BCUT2D eigenvalue weighted by Crippen LogP contribution is 2.23. The minimum atomic E-state index is 0.183. The van der Waals surface area contributed by atoms with Gasteiger partial charge in [0.15, 0.2) is 5.78 Å². The maximum Gasteiger partial charge on any atom is 0.165 e. The van der Waals surface area contributed by atoms with Crippen LogP contribution in [0.25, 0.3) is 11.1 Å². The molecule has 0 spiro atoms. The minimum Gasteiger partial charge on any atom is -0.294 e. The first kappa shape index (κ1) is 15.5. The molecule has 0 aliphatic heterocycles. The van der Waals surface area contributed by atoms with E-state index in [1.54, 1.807) is 0 Å². The zero-order chi connectivity index (χ0) is 15.1. The van der Waals surface area contributed by atoms with Gasteiger partial charge in [-0.3, -0.25) is 4.79 Å². The highest BCUT2D eigenvalue weighted by Gasteiger charge is 2.18. The molecule has 0 amide bonds. The van der Waals surface area contributed by atoms with Crippen LogP contribution in [0.3, 0.4) is 0 Å². The SMILES string of the molecule is CCCC(CCC)C(=O)c1ccc(-c2ccccc2)cc1. The standard InChI is InChI=1S/C20H24O/c1-3-8-18(9-4-2)20(21)19-14-12-17(13-15-19)16-10-6-5-7-11-16/h5-7,10-15,18H,3-4,8-9H2,1-2H3. The van der Waals surface area contributed by atoms with Gasteiger partial charge in [-0.1, -0.05) is 81.3 Å². The van der Waals surface area contributed by atoms with E-state index in [0.717, 1.165) is 36.8 Å². The van der Waals surface area contributed by atoms with Crippen LogP contribution < -0.4 is 0 Å². The van der Waals surface area contributed by atoms with Gasteiger partial charge >= 0.3 is 0 Å². The van der Waals surface area contributed by atoms with Crippen LogP contribution in [0, 0.1) is 5.92 Å². The van der Waals surface area contributed by atoms with Crippen molar-refractivity contribution in [2.45, 2.75) is 39.5 Å². The number of carbonyl (C=O) groups excluding carboxylic acids is 1. The van der Waals surface area contributed by atoms with E-state index in [2.05, 4.69) is 38.1 Å². The van der Waals surface area contributed by atoms with Gasteiger partial charge in [0.1, 0.15) is 0 Å². The Bertz CT molecular complexity index is 548. The summed E-state index contributed by atoms with van der Waals surface area (Å²) in [5.41, 5.74) is 3.20. The maximum absolute atomic E-state index is 12.6. The van der Waals surface area contributed by atoms with E-state index in [1.807, 2.05) is 30.3 Å². The molecule has 0 fully saturated rings. The Kier molecular flexibility index (Phi) is 5.74. The van der Waals surface area contributed by atoms with Crippen molar-refractivity contribution in [3.63, 3.8) is 0 Å². The van der Waals surface area contributed by atoms with E-state index < -0.39 is 0 Å². The Morgan fingerprint density at radius 2 is 1.33 bits per heavy atom. The van der Waals surface area contributed by atoms with Gasteiger partial charge in [-0.05, 0) is 24.0 Å². The summed E-state index contributed by atoms with van der Waals surface area (Å²) in [4.78, 5) is 12.6. The first-order valence-corrected chi connectivity index (χ1v) is 7.96. The molecule has 0 saturated carbocycles. The molecule has 1 nitrogen and oxygen atoms in total. The summed E-state index contributed by atoms with van der Waals surface area (Å²) in [7, 11) is 0. The molecule has 0 aliphatic rings. The third-order valence-corrected chi connectivity index (χ3v) is 3.92. The van der Waals surface area contributed by atoms with E-state index in [4.69, 9.17) is 0 Å². The van der Waals surface area contributed by atoms with Gasteiger partial charge in [-0.25, -0.2) is 0 Å². The minimum absolute atomic E-state index is 0.183. The smallest absolute Gasteiger partial charge is 0.165 e. The van der Waals surface area contributed by atoms with Crippen LogP contribution in [-0.2, 0) is 0 Å². The summed E-state index contributed by atoms with van der Waals surface area (Å²) in [6.45, 7) is 4.29. The average molecular weight is 280 g/mol. The molecular weight excluding hydrogens is 256 g/mol. The summed E-state index contributed by atoms with van der Waals surface area (Å²) in [6, 6.07) is 18.3. The van der Waals surface area contributed by atoms with Crippen molar-refractivity contribution in [3.8, 4) is 11.1 Å². The lowest BCUT2D eigenvalue weighted by Crippen LogP contribution is -2.14. The Labute approximate surface area is 128 Å². The lowest BCUT2D eigenvalue weighted by molar-refractivity contribution is 0.0905. The topological polar surface area (TPSA) is 17.1 Å². The van der Waals surface area contributed by atoms with Crippen molar-refractivity contribution >= 4 is 5.78 Å². The monoisotopic (exact) mass is 280 g/mol. The fourth-order valence-corrected chi connectivity index (χ4v) is 2.80. The Balaban J connectivity index is 2.16. The van der Waals surface area contributed by atoms with Crippen LogP contribution >= 0.6 is 0 Å². The zero-order valence-electron chi connectivity index (χ0n) is 13.0. The molecule has 2 aromatic carbocycles. The van der Waals surface area contributed by atoms with Crippen LogP contribution in [0.15, 0.2) is 54.6 Å². The van der Waals surface area contributed by atoms with E-state index in [-0.39, 0.29) is 5.92 Å². The van der Waals surface area contributed by atoms with E-state index in [1.165, 1.54) is 5.56 Å². The number of carbonyl (C=O) groups is 1. The molecule has 2 rings (SSSR count). The summed E-state index contributed by atoms with van der Waals surface area (Å²) in [6.07, 6.45) is 4.12. The molecule has 0 bridgehead atoms. The second-order valence-corrected chi connectivity index (χ2v) is 5.58. The van der Waals surface area contributed by atoms with Gasteiger partial charge in [0.25, 0.3) is 0 Å². The van der Waals surface area contributed by atoms with Gasteiger partial charge in [0, 0.05) is 11.5 Å². The van der Waals surface area contributed by atoms with Crippen molar-refractivity contribution in [2.24, 2.45) is 5.92 Å².